The highest BCUT2D eigenvalue weighted by Crippen LogP contribution is 2.20. The highest BCUT2D eigenvalue weighted by atomic mass is 32.2. The van der Waals surface area contributed by atoms with Crippen molar-refractivity contribution in [3.8, 4) is 5.69 Å². The van der Waals surface area contributed by atoms with E-state index in [4.69, 9.17) is 0 Å². The smallest absolute Gasteiger partial charge is 0.154 e. The molecule has 0 atom stereocenters. The third kappa shape index (κ3) is 3.73. The Bertz CT molecular complexity index is 703. The number of nitrogens with zero attached hydrogens (tertiary/aromatic N) is 2. The Morgan fingerprint density at radius 2 is 1.81 bits per heavy atom. The summed E-state index contributed by atoms with van der Waals surface area (Å²) >= 11 is 0. The number of rotatable bonds is 6. The topological polar surface area (TPSA) is 52.0 Å². The molecule has 0 aliphatic carbocycles. The molecule has 0 N–H and O–H groups in total. The summed E-state index contributed by atoms with van der Waals surface area (Å²) in [6, 6.07) is 9.78. The number of benzene rings is 1. The molecule has 2 aromatic rings. The van der Waals surface area contributed by atoms with Crippen molar-refractivity contribution in [2.45, 2.75) is 39.4 Å². The molecule has 1 aromatic heterocycles. The third-order valence-electron chi connectivity index (χ3n) is 3.62. The van der Waals surface area contributed by atoms with Gasteiger partial charge in [0.1, 0.15) is 0 Å². The van der Waals surface area contributed by atoms with E-state index >= 15 is 0 Å². The molecule has 0 spiro atoms. The summed E-state index contributed by atoms with van der Waals surface area (Å²) in [4.78, 5) is 0. The maximum atomic E-state index is 12.2. The van der Waals surface area contributed by atoms with Crippen LogP contribution < -0.4 is 0 Å². The average Bonchev–Trinajstić information content (AvgIpc) is 2.74. The number of para-hydroxylation sites is 1. The summed E-state index contributed by atoms with van der Waals surface area (Å²) in [5.41, 5.74) is 3.47. The van der Waals surface area contributed by atoms with Crippen molar-refractivity contribution in [3.05, 3.63) is 47.3 Å². The number of sulfone groups is 1. The molecule has 0 fully saturated rings. The lowest BCUT2D eigenvalue weighted by molar-refractivity contribution is 0.591. The molecular formula is C16H22N2O2S. The van der Waals surface area contributed by atoms with Gasteiger partial charge in [-0.05, 0) is 32.4 Å². The second kappa shape index (κ2) is 6.43. The maximum Gasteiger partial charge on any atom is 0.154 e. The van der Waals surface area contributed by atoms with Crippen LogP contribution >= 0.6 is 0 Å². The van der Waals surface area contributed by atoms with E-state index in [1.807, 2.05) is 55.8 Å². The van der Waals surface area contributed by atoms with Gasteiger partial charge in [0, 0.05) is 11.3 Å². The number of aromatic nitrogens is 2. The second-order valence-electron chi connectivity index (χ2n) is 5.34. The van der Waals surface area contributed by atoms with Crippen molar-refractivity contribution in [1.82, 2.24) is 9.78 Å². The molecule has 0 bridgehead atoms. The summed E-state index contributed by atoms with van der Waals surface area (Å²) in [5.74, 6) is 0.330. The molecule has 21 heavy (non-hydrogen) atoms. The Hall–Kier alpha value is -1.62. The first-order valence-electron chi connectivity index (χ1n) is 7.25. The molecule has 0 radical (unpaired) electrons. The molecule has 0 aliphatic heterocycles. The Kier molecular flexibility index (Phi) is 4.83. The van der Waals surface area contributed by atoms with Crippen LogP contribution in [0.3, 0.4) is 0 Å². The number of hydrogen-bond acceptors (Lipinski definition) is 3. The fraction of sp³-hybridized carbons (Fsp3) is 0.438. The van der Waals surface area contributed by atoms with Gasteiger partial charge in [0.05, 0.1) is 22.9 Å². The molecule has 0 saturated carbocycles. The van der Waals surface area contributed by atoms with Gasteiger partial charge in [-0.25, -0.2) is 13.1 Å². The van der Waals surface area contributed by atoms with E-state index in [1.54, 1.807) is 0 Å². The molecule has 1 aromatic carbocycles. The Labute approximate surface area is 126 Å². The van der Waals surface area contributed by atoms with Crippen LogP contribution in [0.5, 0.6) is 0 Å². The van der Waals surface area contributed by atoms with Crippen LogP contribution in [-0.4, -0.2) is 24.0 Å². The molecule has 0 aliphatic rings. The van der Waals surface area contributed by atoms with E-state index in [0.717, 1.165) is 29.1 Å². The quantitative estimate of drug-likeness (QED) is 0.823. The molecule has 4 nitrogen and oxygen atoms in total. The lowest BCUT2D eigenvalue weighted by Crippen LogP contribution is -2.10. The zero-order chi connectivity index (χ0) is 15.5. The number of aryl methyl sites for hydroxylation is 1. The van der Waals surface area contributed by atoms with Crippen LogP contribution in [0, 0.1) is 13.8 Å². The van der Waals surface area contributed by atoms with E-state index in [9.17, 15) is 8.42 Å². The maximum absolute atomic E-state index is 12.2. The van der Waals surface area contributed by atoms with Crippen LogP contribution in [-0.2, 0) is 15.6 Å². The molecular weight excluding hydrogens is 284 g/mol. The normalized spacial score (nSPS) is 11.8. The predicted octanol–water partition coefficient (Wildman–Crippen LogP) is 3.20. The predicted molar refractivity (Wildman–Crippen MR) is 85.4 cm³/mol. The van der Waals surface area contributed by atoms with E-state index < -0.39 is 9.84 Å². The van der Waals surface area contributed by atoms with Crippen molar-refractivity contribution in [1.29, 1.82) is 0 Å². The molecule has 2 rings (SSSR count). The van der Waals surface area contributed by atoms with Crippen molar-refractivity contribution < 1.29 is 8.42 Å². The highest BCUT2D eigenvalue weighted by Gasteiger charge is 2.19. The lowest BCUT2D eigenvalue weighted by Gasteiger charge is -2.06. The lowest BCUT2D eigenvalue weighted by atomic mass is 10.2. The Morgan fingerprint density at radius 1 is 1.14 bits per heavy atom. The first kappa shape index (κ1) is 15.8. The van der Waals surface area contributed by atoms with Crippen molar-refractivity contribution >= 4 is 9.84 Å². The summed E-state index contributed by atoms with van der Waals surface area (Å²) in [5, 5.41) is 4.50. The fourth-order valence-electron chi connectivity index (χ4n) is 2.36. The Balaban J connectivity index is 2.33. The third-order valence-corrected chi connectivity index (χ3v) is 5.25. The number of unbranched alkanes of at least 4 members (excludes halogenated alkanes) is 1. The van der Waals surface area contributed by atoms with E-state index in [-0.39, 0.29) is 11.5 Å². The first-order valence-corrected chi connectivity index (χ1v) is 9.07. The monoisotopic (exact) mass is 306 g/mol. The zero-order valence-corrected chi connectivity index (χ0v) is 13.7. The van der Waals surface area contributed by atoms with Gasteiger partial charge in [0.2, 0.25) is 0 Å². The van der Waals surface area contributed by atoms with Crippen LogP contribution in [0.1, 0.15) is 36.7 Å². The molecule has 1 heterocycles. The van der Waals surface area contributed by atoms with Crippen LogP contribution in [0.4, 0.5) is 0 Å². The van der Waals surface area contributed by atoms with E-state index in [1.165, 1.54) is 0 Å². The largest absolute Gasteiger partial charge is 0.238 e. The van der Waals surface area contributed by atoms with Gasteiger partial charge in [0.25, 0.3) is 0 Å². The molecule has 5 heteroatoms. The second-order valence-corrected chi connectivity index (χ2v) is 7.53. The average molecular weight is 306 g/mol. The summed E-state index contributed by atoms with van der Waals surface area (Å²) in [6.07, 6.45) is 1.60. The van der Waals surface area contributed by atoms with E-state index in [2.05, 4.69) is 5.10 Å². The Morgan fingerprint density at radius 3 is 2.43 bits per heavy atom. The van der Waals surface area contributed by atoms with Crippen LogP contribution in [0.25, 0.3) is 5.69 Å². The van der Waals surface area contributed by atoms with Gasteiger partial charge in [0.15, 0.2) is 9.84 Å². The van der Waals surface area contributed by atoms with Gasteiger partial charge in [-0.2, -0.15) is 5.10 Å². The van der Waals surface area contributed by atoms with Gasteiger partial charge in [-0.3, -0.25) is 0 Å². The van der Waals surface area contributed by atoms with Crippen molar-refractivity contribution in [2.24, 2.45) is 0 Å². The molecule has 114 valence electrons. The fourth-order valence-corrected chi connectivity index (χ4v) is 4.09. The SMILES string of the molecule is CCCCS(=O)(=O)Cc1c(C)nn(-c2ccccc2)c1C. The minimum absolute atomic E-state index is 0.0809. The summed E-state index contributed by atoms with van der Waals surface area (Å²) < 4.78 is 26.2. The van der Waals surface area contributed by atoms with Crippen LogP contribution in [0.15, 0.2) is 30.3 Å². The van der Waals surface area contributed by atoms with Crippen LogP contribution in [0.2, 0.25) is 0 Å². The van der Waals surface area contributed by atoms with Gasteiger partial charge in [-0.1, -0.05) is 31.5 Å². The summed E-state index contributed by atoms with van der Waals surface area (Å²) in [7, 11) is -3.06. The number of hydrogen-bond donors (Lipinski definition) is 0. The zero-order valence-electron chi connectivity index (χ0n) is 12.8. The highest BCUT2D eigenvalue weighted by molar-refractivity contribution is 7.90. The first-order chi connectivity index (χ1) is 9.94. The van der Waals surface area contributed by atoms with Gasteiger partial charge < -0.3 is 0 Å². The molecule has 0 unspecified atom stereocenters. The molecule has 0 saturated heterocycles. The minimum Gasteiger partial charge on any atom is -0.238 e. The van der Waals surface area contributed by atoms with E-state index in [0.29, 0.717) is 6.42 Å². The van der Waals surface area contributed by atoms with Gasteiger partial charge in [-0.15, -0.1) is 0 Å². The van der Waals surface area contributed by atoms with Crippen molar-refractivity contribution in [2.75, 3.05) is 5.75 Å². The molecule has 0 amide bonds. The van der Waals surface area contributed by atoms with Crippen molar-refractivity contribution in [3.63, 3.8) is 0 Å². The minimum atomic E-state index is -3.06. The van der Waals surface area contributed by atoms with Gasteiger partial charge >= 0.3 is 0 Å². The standard InChI is InChI=1S/C16H22N2O2S/c1-4-5-11-21(19,20)12-16-13(2)17-18(14(16)3)15-9-7-6-8-10-15/h6-10H,4-5,11-12H2,1-3H3. The summed E-state index contributed by atoms with van der Waals surface area (Å²) in [6.45, 7) is 5.80.